The Morgan fingerprint density at radius 1 is 1.39 bits per heavy atom. The van der Waals surface area contributed by atoms with Gasteiger partial charge < -0.3 is 10.1 Å². The number of anilines is 1. The van der Waals surface area contributed by atoms with Crippen LogP contribution in [0.25, 0.3) is 0 Å². The second kappa shape index (κ2) is 5.09. The number of rotatable bonds is 3. The van der Waals surface area contributed by atoms with Gasteiger partial charge in [0.2, 0.25) is 11.9 Å². The predicted octanol–water partition coefficient (Wildman–Crippen LogP) is 2.68. The number of hydrogen-bond acceptors (Lipinski definition) is 4. The van der Waals surface area contributed by atoms with Crippen LogP contribution in [0.3, 0.4) is 0 Å². The van der Waals surface area contributed by atoms with Crippen molar-refractivity contribution in [2.45, 2.75) is 0 Å². The number of ether oxygens (including phenoxy) is 1. The van der Waals surface area contributed by atoms with Crippen molar-refractivity contribution in [2.75, 3.05) is 12.4 Å². The number of pyridine rings is 1. The van der Waals surface area contributed by atoms with E-state index >= 15 is 0 Å². The van der Waals surface area contributed by atoms with Crippen molar-refractivity contribution in [3.05, 3.63) is 40.4 Å². The lowest BCUT2D eigenvalue weighted by molar-refractivity contribution is 0.102. The molecule has 1 N–H and O–H groups in total. The Labute approximate surface area is 105 Å². The molecule has 0 atom stereocenters. The molecule has 0 aliphatic heterocycles. The van der Waals surface area contributed by atoms with Gasteiger partial charge >= 0.3 is 0 Å². The van der Waals surface area contributed by atoms with Crippen LogP contribution in [-0.2, 0) is 0 Å². The van der Waals surface area contributed by atoms with E-state index in [2.05, 4.69) is 10.3 Å². The van der Waals surface area contributed by atoms with Crippen LogP contribution in [0.1, 0.15) is 9.67 Å². The number of methoxy groups -OCH3 is 1. The molecular formula is C11H8F2N2O2S. The van der Waals surface area contributed by atoms with Gasteiger partial charge in [-0.15, -0.1) is 11.3 Å². The third kappa shape index (κ3) is 2.45. The minimum absolute atomic E-state index is 0.183. The molecule has 0 saturated heterocycles. The Morgan fingerprint density at radius 2 is 2.17 bits per heavy atom. The van der Waals surface area contributed by atoms with Gasteiger partial charge in [-0.25, -0.2) is 0 Å². The average Bonchev–Trinajstić information content (AvgIpc) is 2.81. The average molecular weight is 270 g/mol. The van der Waals surface area contributed by atoms with Crippen LogP contribution in [-0.4, -0.2) is 18.0 Å². The van der Waals surface area contributed by atoms with E-state index < -0.39 is 17.8 Å². The molecule has 0 aliphatic carbocycles. The molecule has 4 nitrogen and oxygen atoms in total. The fourth-order valence-electron chi connectivity index (χ4n) is 1.31. The van der Waals surface area contributed by atoms with Crippen LogP contribution in [0.5, 0.6) is 5.75 Å². The molecular weight excluding hydrogens is 262 g/mol. The second-order valence-electron chi connectivity index (χ2n) is 3.24. The SMILES string of the molecule is COc1ccsc1C(=O)Nc1ccc(F)nc1F. The van der Waals surface area contributed by atoms with E-state index in [1.807, 2.05) is 0 Å². The zero-order chi connectivity index (χ0) is 13.1. The first-order valence-corrected chi connectivity index (χ1v) is 5.74. The lowest BCUT2D eigenvalue weighted by Crippen LogP contribution is -2.13. The number of carbonyl (C=O) groups excluding carboxylic acids is 1. The summed E-state index contributed by atoms with van der Waals surface area (Å²) < 4.78 is 30.8. The summed E-state index contributed by atoms with van der Waals surface area (Å²) in [6, 6.07) is 3.69. The maximum absolute atomic E-state index is 13.2. The Bertz CT molecular complexity index is 586. The molecule has 0 unspecified atom stereocenters. The van der Waals surface area contributed by atoms with Gasteiger partial charge in [0.15, 0.2) is 0 Å². The number of thiophene rings is 1. The zero-order valence-corrected chi connectivity index (χ0v) is 10.1. The first kappa shape index (κ1) is 12.4. The molecule has 0 fully saturated rings. The van der Waals surface area contributed by atoms with Gasteiger partial charge in [-0.05, 0) is 23.6 Å². The molecule has 1 amide bonds. The molecule has 0 spiro atoms. The molecule has 0 aromatic carbocycles. The number of aromatic nitrogens is 1. The van der Waals surface area contributed by atoms with Crippen molar-refractivity contribution in [2.24, 2.45) is 0 Å². The van der Waals surface area contributed by atoms with E-state index in [1.54, 1.807) is 11.4 Å². The van der Waals surface area contributed by atoms with Crippen molar-refractivity contribution >= 4 is 22.9 Å². The fourth-order valence-corrected chi connectivity index (χ4v) is 2.06. The largest absolute Gasteiger partial charge is 0.495 e. The quantitative estimate of drug-likeness (QED) is 0.872. The first-order chi connectivity index (χ1) is 8.61. The number of nitrogens with zero attached hydrogens (tertiary/aromatic N) is 1. The van der Waals surface area contributed by atoms with Gasteiger partial charge in [0, 0.05) is 0 Å². The molecule has 0 aliphatic rings. The monoisotopic (exact) mass is 270 g/mol. The topological polar surface area (TPSA) is 51.2 Å². The van der Waals surface area contributed by atoms with Gasteiger partial charge in [-0.1, -0.05) is 0 Å². The van der Waals surface area contributed by atoms with Crippen molar-refractivity contribution in [3.8, 4) is 5.75 Å². The highest BCUT2D eigenvalue weighted by Gasteiger charge is 2.16. The molecule has 2 rings (SSSR count). The van der Waals surface area contributed by atoms with Crippen molar-refractivity contribution < 1.29 is 18.3 Å². The second-order valence-corrected chi connectivity index (χ2v) is 4.16. The molecule has 2 aromatic heterocycles. The van der Waals surface area contributed by atoms with Crippen LogP contribution in [0.4, 0.5) is 14.5 Å². The van der Waals surface area contributed by atoms with Crippen LogP contribution < -0.4 is 10.1 Å². The Balaban J connectivity index is 2.21. The molecule has 2 aromatic rings. The van der Waals surface area contributed by atoms with Gasteiger partial charge in [0.1, 0.15) is 10.6 Å². The lowest BCUT2D eigenvalue weighted by atomic mass is 10.3. The third-order valence-electron chi connectivity index (χ3n) is 2.12. The maximum atomic E-state index is 13.2. The smallest absolute Gasteiger partial charge is 0.269 e. The normalized spacial score (nSPS) is 10.2. The minimum Gasteiger partial charge on any atom is -0.495 e. The highest BCUT2D eigenvalue weighted by molar-refractivity contribution is 7.12. The summed E-state index contributed by atoms with van der Waals surface area (Å²) in [6.45, 7) is 0. The predicted molar refractivity (Wildman–Crippen MR) is 63.0 cm³/mol. The molecule has 0 saturated carbocycles. The summed E-state index contributed by atoms with van der Waals surface area (Å²) in [5, 5.41) is 3.98. The summed E-state index contributed by atoms with van der Waals surface area (Å²) in [5.74, 6) is -2.15. The summed E-state index contributed by atoms with van der Waals surface area (Å²) in [4.78, 5) is 15.1. The number of hydrogen-bond donors (Lipinski definition) is 1. The highest BCUT2D eigenvalue weighted by atomic mass is 32.1. The summed E-state index contributed by atoms with van der Waals surface area (Å²) >= 11 is 1.16. The maximum Gasteiger partial charge on any atom is 0.269 e. The molecule has 0 bridgehead atoms. The molecule has 7 heteroatoms. The Kier molecular flexibility index (Phi) is 3.52. The van der Waals surface area contributed by atoms with E-state index in [-0.39, 0.29) is 5.69 Å². The third-order valence-corrected chi connectivity index (χ3v) is 3.01. The van der Waals surface area contributed by atoms with Crippen LogP contribution >= 0.6 is 11.3 Å². The van der Waals surface area contributed by atoms with Gasteiger partial charge in [-0.3, -0.25) is 4.79 Å². The van der Waals surface area contributed by atoms with Crippen LogP contribution in [0, 0.1) is 11.9 Å². The first-order valence-electron chi connectivity index (χ1n) is 4.86. The Hall–Kier alpha value is -2.02. The van der Waals surface area contributed by atoms with E-state index in [9.17, 15) is 13.6 Å². The number of carbonyl (C=O) groups is 1. The molecule has 2 heterocycles. The molecule has 94 valence electrons. The van der Waals surface area contributed by atoms with E-state index in [4.69, 9.17) is 4.74 Å². The van der Waals surface area contributed by atoms with E-state index in [1.165, 1.54) is 7.11 Å². The van der Waals surface area contributed by atoms with Gasteiger partial charge in [0.05, 0.1) is 12.8 Å². The van der Waals surface area contributed by atoms with Gasteiger partial charge in [-0.2, -0.15) is 13.8 Å². The van der Waals surface area contributed by atoms with E-state index in [0.717, 1.165) is 23.5 Å². The Morgan fingerprint density at radius 3 is 2.83 bits per heavy atom. The van der Waals surface area contributed by atoms with Crippen LogP contribution in [0.2, 0.25) is 0 Å². The highest BCUT2D eigenvalue weighted by Crippen LogP contribution is 2.25. The minimum atomic E-state index is -1.07. The standard InChI is InChI=1S/C11H8F2N2O2S/c1-17-7-4-5-18-9(7)11(16)14-6-2-3-8(12)15-10(6)13/h2-5H,1H3,(H,14,16). The van der Waals surface area contributed by atoms with Gasteiger partial charge in [0.25, 0.3) is 5.91 Å². The zero-order valence-electron chi connectivity index (χ0n) is 9.24. The van der Waals surface area contributed by atoms with Crippen molar-refractivity contribution in [1.82, 2.24) is 4.98 Å². The number of amides is 1. The lowest BCUT2D eigenvalue weighted by Gasteiger charge is -2.05. The fraction of sp³-hybridized carbons (Fsp3) is 0.0909. The summed E-state index contributed by atoms with van der Waals surface area (Å²) in [7, 11) is 1.43. The van der Waals surface area contributed by atoms with Crippen molar-refractivity contribution in [1.29, 1.82) is 0 Å². The molecule has 18 heavy (non-hydrogen) atoms. The van der Waals surface area contributed by atoms with E-state index in [0.29, 0.717) is 10.6 Å². The van der Waals surface area contributed by atoms with Crippen molar-refractivity contribution in [3.63, 3.8) is 0 Å². The number of nitrogens with one attached hydrogen (secondary N) is 1. The number of halogens is 2. The molecule has 0 radical (unpaired) electrons. The summed E-state index contributed by atoms with van der Waals surface area (Å²) in [6.07, 6.45) is 0. The summed E-state index contributed by atoms with van der Waals surface area (Å²) in [5.41, 5.74) is -0.183. The van der Waals surface area contributed by atoms with Crippen LogP contribution in [0.15, 0.2) is 23.6 Å².